The van der Waals surface area contributed by atoms with Crippen LogP contribution >= 0.6 is 0 Å². The maximum Gasteiger partial charge on any atom is 0.191 e. The molecule has 1 aromatic heterocycles. The third kappa shape index (κ3) is 5.86. The van der Waals surface area contributed by atoms with Gasteiger partial charge in [-0.3, -0.25) is 0 Å². The van der Waals surface area contributed by atoms with Gasteiger partial charge in [-0.2, -0.15) is 0 Å². The number of aryl methyl sites for hydroxylation is 1. The standard InChI is InChI=1S/C18H28N6O/c1-4-17-23-22-14-24(17)11-10-20-18(19-5-2)21-12-15-8-6-7-9-16(15)13-25-3/h6-9,14H,4-5,10-13H2,1-3H3,(H2,19,20,21). The maximum absolute atomic E-state index is 5.26. The molecule has 0 aliphatic carbocycles. The minimum absolute atomic E-state index is 0.600. The second kappa shape index (κ2) is 10.5. The van der Waals surface area contributed by atoms with Crippen molar-refractivity contribution in [3.05, 3.63) is 47.5 Å². The molecule has 0 spiro atoms. The molecule has 0 bridgehead atoms. The average Bonchev–Trinajstić information content (AvgIpc) is 3.08. The molecule has 0 aliphatic heterocycles. The highest BCUT2D eigenvalue weighted by Gasteiger charge is 2.04. The van der Waals surface area contributed by atoms with Crippen molar-refractivity contribution in [1.29, 1.82) is 0 Å². The number of benzene rings is 1. The van der Waals surface area contributed by atoms with E-state index in [-0.39, 0.29) is 0 Å². The fraction of sp³-hybridized carbons (Fsp3) is 0.500. The van der Waals surface area contributed by atoms with Crippen LogP contribution in [0.5, 0.6) is 0 Å². The Balaban J connectivity index is 1.94. The first-order valence-corrected chi connectivity index (χ1v) is 8.73. The Morgan fingerprint density at radius 1 is 1.20 bits per heavy atom. The van der Waals surface area contributed by atoms with Crippen LogP contribution in [0.1, 0.15) is 30.8 Å². The van der Waals surface area contributed by atoms with Crippen molar-refractivity contribution in [3.8, 4) is 0 Å². The molecule has 0 saturated carbocycles. The van der Waals surface area contributed by atoms with E-state index in [1.54, 1.807) is 13.4 Å². The van der Waals surface area contributed by atoms with Crippen molar-refractivity contribution >= 4 is 5.96 Å². The van der Waals surface area contributed by atoms with Crippen molar-refractivity contribution in [2.45, 2.75) is 40.0 Å². The second-order valence-electron chi connectivity index (χ2n) is 5.62. The molecule has 0 fully saturated rings. The van der Waals surface area contributed by atoms with Crippen molar-refractivity contribution in [2.75, 3.05) is 20.2 Å². The van der Waals surface area contributed by atoms with Gasteiger partial charge in [-0.25, -0.2) is 4.99 Å². The number of guanidine groups is 1. The normalized spacial score (nSPS) is 11.6. The molecule has 0 atom stereocenters. The zero-order valence-electron chi connectivity index (χ0n) is 15.3. The van der Waals surface area contributed by atoms with Crippen LogP contribution in [0.3, 0.4) is 0 Å². The van der Waals surface area contributed by atoms with Crippen LogP contribution in [0.25, 0.3) is 0 Å². The molecule has 2 rings (SSSR count). The summed E-state index contributed by atoms with van der Waals surface area (Å²) in [6, 6.07) is 8.22. The van der Waals surface area contributed by atoms with E-state index in [9.17, 15) is 0 Å². The molecular formula is C18H28N6O. The first-order valence-electron chi connectivity index (χ1n) is 8.73. The molecular weight excluding hydrogens is 316 g/mol. The number of hydrogen-bond acceptors (Lipinski definition) is 4. The molecule has 0 aliphatic rings. The zero-order chi connectivity index (χ0) is 17.9. The largest absolute Gasteiger partial charge is 0.380 e. The van der Waals surface area contributed by atoms with Gasteiger partial charge in [0, 0.05) is 33.2 Å². The van der Waals surface area contributed by atoms with E-state index in [2.05, 4.69) is 56.4 Å². The summed E-state index contributed by atoms with van der Waals surface area (Å²) in [5.74, 6) is 1.80. The Labute approximate surface area is 149 Å². The molecule has 0 unspecified atom stereocenters. The summed E-state index contributed by atoms with van der Waals surface area (Å²) >= 11 is 0. The number of aliphatic imine (C=N–C) groups is 1. The van der Waals surface area contributed by atoms with Gasteiger partial charge in [-0.15, -0.1) is 10.2 Å². The number of ether oxygens (including phenoxy) is 1. The first-order chi connectivity index (χ1) is 12.3. The summed E-state index contributed by atoms with van der Waals surface area (Å²) in [6.45, 7) is 7.74. The fourth-order valence-electron chi connectivity index (χ4n) is 2.55. The van der Waals surface area contributed by atoms with Crippen LogP contribution < -0.4 is 10.6 Å². The molecule has 2 N–H and O–H groups in total. The van der Waals surface area contributed by atoms with Crippen molar-refractivity contribution < 1.29 is 4.74 Å². The van der Waals surface area contributed by atoms with Crippen LogP contribution in [0, 0.1) is 0 Å². The molecule has 1 aromatic carbocycles. The minimum atomic E-state index is 0.600. The van der Waals surface area contributed by atoms with E-state index < -0.39 is 0 Å². The van der Waals surface area contributed by atoms with E-state index in [0.717, 1.165) is 37.8 Å². The van der Waals surface area contributed by atoms with Crippen LogP contribution in [0.4, 0.5) is 0 Å². The molecule has 136 valence electrons. The van der Waals surface area contributed by atoms with Gasteiger partial charge in [-0.1, -0.05) is 31.2 Å². The number of rotatable bonds is 9. The number of aromatic nitrogens is 3. The van der Waals surface area contributed by atoms with Gasteiger partial charge in [0.2, 0.25) is 0 Å². The Morgan fingerprint density at radius 3 is 2.72 bits per heavy atom. The molecule has 7 heteroatoms. The molecule has 2 aromatic rings. The maximum atomic E-state index is 5.26. The molecule has 0 amide bonds. The number of hydrogen-bond donors (Lipinski definition) is 2. The van der Waals surface area contributed by atoms with Crippen molar-refractivity contribution in [2.24, 2.45) is 4.99 Å². The van der Waals surface area contributed by atoms with Crippen LogP contribution in [0.2, 0.25) is 0 Å². The van der Waals surface area contributed by atoms with Crippen LogP contribution in [-0.4, -0.2) is 40.9 Å². The second-order valence-corrected chi connectivity index (χ2v) is 5.62. The topological polar surface area (TPSA) is 76.4 Å². The Morgan fingerprint density at radius 2 is 2.00 bits per heavy atom. The van der Waals surface area contributed by atoms with Gasteiger partial charge in [0.15, 0.2) is 5.96 Å². The van der Waals surface area contributed by atoms with Gasteiger partial charge >= 0.3 is 0 Å². The Kier molecular flexibility index (Phi) is 7.91. The third-order valence-electron chi connectivity index (χ3n) is 3.83. The average molecular weight is 344 g/mol. The van der Waals surface area contributed by atoms with E-state index >= 15 is 0 Å². The Hall–Kier alpha value is -2.41. The van der Waals surface area contributed by atoms with Gasteiger partial charge in [-0.05, 0) is 18.1 Å². The van der Waals surface area contributed by atoms with Crippen molar-refractivity contribution in [1.82, 2.24) is 25.4 Å². The molecule has 0 saturated heterocycles. The SMILES string of the molecule is CCNC(=NCc1ccccc1COC)NCCn1cnnc1CC. The van der Waals surface area contributed by atoms with E-state index in [1.165, 1.54) is 11.1 Å². The van der Waals surface area contributed by atoms with Gasteiger partial charge in [0.05, 0.1) is 13.2 Å². The summed E-state index contributed by atoms with van der Waals surface area (Å²) in [5.41, 5.74) is 2.34. The molecule has 25 heavy (non-hydrogen) atoms. The number of nitrogens with zero attached hydrogens (tertiary/aromatic N) is 4. The van der Waals surface area contributed by atoms with Gasteiger partial charge in [0.1, 0.15) is 12.2 Å². The van der Waals surface area contributed by atoms with E-state index in [4.69, 9.17) is 4.74 Å². The van der Waals surface area contributed by atoms with Crippen molar-refractivity contribution in [3.63, 3.8) is 0 Å². The summed E-state index contributed by atoms with van der Waals surface area (Å²) in [4.78, 5) is 4.69. The number of methoxy groups -OCH3 is 1. The lowest BCUT2D eigenvalue weighted by Crippen LogP contribution is -2.39. The predicted molar refractivity (Wildman–Crippen MR) is 99.4 cm³/mol. The first kappa shape index (κ1) is 18.9. The highest BCUT2D eigenvalue weighted by molar-refractivity contribution is 5.79. The van der Waals surface area contributed by atoms with Gasteiger partial charge in [0.25, 0.3) is 0 Å². The lowest BCUT2D eigenvalue weighted by atomic mass is 10.1. The monoisotopic (exact) mass is 344 g/mol. The zero-order valence-corrected chi connectivity index (χ0v) is 15.3. The fourth-order valence-corrected chi connectivity index (χ4v) is 2.55. The number of nitrogens with one attached hydrogen (secondary N) is 2. The summed E-state index contributed by atoms with van der Waals surface area (Å²) in [6.07, 6.45) is 2.65. The quantitative estimate of drug-likeness (QED) is 0.535. The molecule has 1 heterocycles. The van der Waals surface area contributed by atoms with E-state index in [1.807, 2.05) is 12.1 Å². The summed E-state index contributed by atoms with van der Waals surface area (Å²) < 4.78 is 7.32. The van der Waals surface area contributed by atoms with Crippen LogP contribution in [-0.2, 0) is 30.9 Å². The molecule has 7 nitrogen and oxygen atoms in total. The third-order valence-corrected chi connectivity index (χ3v) is 3.83. The summed E-state index contributed by atoms with van der Waals surface area (Å²) in [5, 5.41) is 14.7. The Bertz CT molecular complexity index is 667. The summed E-state index contributed by atoms with van der Waals surface area (Å²) in [7, 11) is 1.71. The molecule has 0 radical (unpaired) electrons. The smallest absolute Gasteiger partial charge is 0.191 e. The van der Waals surface area contributed by atoms with Crippen LogP contribution in [0.15, 0.2) is 35.6 Å². The highest BCUT2D eigenvalue weighted by atomic mass is 16.5. The minimum Gasteiger partial charge on any atom is -0.380 e. The van der Waals surface area contributed by atoms with Gasteiger partial charge < -0.3 is 19.9 Å². The lowest BCUT2D eigenvalue weighted by molar-refractivity contribution is 0.184. The highest BCUT2D eigenvalue weighted by Crippen LogP contribution is 2.11. The predicted octanol–water partition coefficient (Wildman–Crippen LogP) is 1.74. The lowest BCUT2D eigenvalue weighted by Gasteiger charge is -2.13. The van der Waals surface area contributed by atoms with E-state index in [0.29, 0.717) is 13.2 Å².